The van der Waals surface area contributed by atoms with E-state index in [1.54, 1.807) is 0 Å². The van der Waals surface area contributed by atoms with E-state index in [1.165, 1.54) is 0 Å². The summed E-state index contributed by atoms with van der Waals surface area (Å²) in [7, 11) is 4.04. The molecule has 0 saturated carbocycles. The van der Waals surface area contributed by atoms with Crippen LogP contribution in [0.5, 0.6) is 0 Å². The predicted octanol–water partition coefficient (Wildman–Crippen LogP) is 1.49. The van der Waals surface area contributed by atoms with Gasteiger partial charge in [-0.1, -0.05) is 17.7 Å². The maximum atomic E-state index is 11.7. The van der Waals surface area contributed by atoms with E-state index in [4.69, 9.17) is 4.28 Å². The van der Waals surface area contributed by atoms with E-state index in [1.807, 2.05) is 45.3 Å². The van der Waals surface area contributed by atoms with Gasteiger partial charge in [0.05, 0.1) is 4.90 Å². The molecule has 0 spiro atoms. The quantitative estimate of drug-likeness (QED) is 0.593. The van der Waals surface area contributed by atoms with Gasteiger partial charge in [-0.3, -0.25) is 0 Å². The molecule has 0 aliphatic heterocycles. The van der Waals surface area contributed by atoms with Crippen molar-refractivity contribution < 1.29 is 8.49 Å². The zero-order valence-corrected chi connectivity index (χ0v) is 11.4. The number of hydrogen-bond acceptors (Lipinski definition) is 4. The number of hydrogen-bond donors (Lipinski definition) is 1. The third-order valence-corrected chi connectivity index (χ3v) is 3.16. The zero-order valence-electron chi connectivity index (χ0n) is 10.6. The molecule has 1 N–H and O–H groups in total. The molecule has 0 aliphatic rings. The average molecular weight is 256 g/mol. The molecule has 0 heterocycles. The number of nitrogens with one attached hydrogen (secondary N) is 1. The second-order valence-corrected chi connectivity index (χ2v) is 5.29. The van der Waals surface area contributed by atoms with E-state index in [0.717, 1.165) is 18.5 Å². The maximum absolute atomic E-state index is 11.7. The smallest absolute Gasteiger partial charge is 0.206 e. The highest BCUT2D eigenvalue weighted by Gasteiger charge is 2.03. The number of rotatable bonds is 7. The van der Waals surface area contributed by atoms with Crippen LogP contribution in [0.2, 0.25) is 0 Å². The lowest BCUT2D eigenvalue weighted by molar-refractivity contribution is 0.214. The van der Waals surface area contributed by atoms with Crippen molar-refractivity contribution in [2.24, 2.45) is 0 Å². The predicted molar refractivity (Wildman–Crippen MR) is 69.8 cm³/mol. The van der Waals surface area contributed by atoms with E-state index >= 15 is 0 Å². The molecule has 0 bridgehead atoms. The lowest BCUT2D eigenvalue weighted by Crippen LogP contribution is -2.22. The van der Waals surface area contributed by atoms with Crippen molar-refractivity contribution >= 4 is 11.1 Å². The first-order chi connectivity index (χ1) is 8.09. The Balaban J connectivity index is 2.23. The largest absolute Gasteiger partial charge is 0.309 e. The van der Waals surface area contributed by atoms with Crippen molar-refractivity contribution in [3.05, 3.63) is 29.8 Å². The Labute approximate surface area is 106 Å². The van der Waals surface area contributed by atoms with Gasteiger partial charge >= 0.3 is 0 Å². The van der Waals surface area contributed by atoms with E-state index in [0.29, 0.717) is 11.4 Å². The number of nitrogens with zero attached hydrogens (tertiary/aromatic N) is 1. The molecule has 0 amide bonds. The van der Waals surface area contributed by atoms with Gasteiger partial charge in [-0.15, -0.1) is 0 Å². The molecule has 1 aromatic carbocycles. The molecule has 17 heavy (non-hydrogen) atoms. The SMILES string of the molecule is Cc1ccc(S(=O)ONCCCN(C)C)cc1. The Hall–Kier alpha value is -0.750. The van der Waals surface area contributed by atoms with Crippen molar-refractivity contribution in [2.75, 3.05) is 27.2 Å². The highest BCUT2D eigenvalue weighted by atomic mass is 32.2. The molecule has 4 nitrogen and oxygen atoms in total. The minimum absolute atomic E-state index is 0.677. The highest BCUT2D eigenvalue weighted by molar-refractivity contribution is 7.80. The van der Waals surface area contributed by atoms with Crippen LogP contribution in [0.25, 0.3) is 0 Å². The number of aryl methyl sites for hydroxylation is 1. The fraction of sp³-hybridized carbons (Fsp3) is 0.500. The first kappa shape index (κ1) is 14.3. The molecule has 96 valence electrons. The Kier molecular flexibility index (Phi) is 6.36. The van der Waals surface area contributed by atoms with Crippen LogP contribution in [0.15, 0.2) is 29.2 Å². The topological polar surface area (TPSA) is 41.6 Å². The third kappa shape index (κ3) is 5.93. The molecule has 0 aromatic heterocycles. The van der Waals surface area contributed by atoms with Crippen molar-refractivity contribution in [3.63, 3.8) is 0 Å². The van der Waals surface area contributed by atoms with Gasteiger partial charge in [0.25, 0.3) is 0 Å². The summed E-state index contributed by atoms with van der Waals surface area (Å²) in [5.74, 6) is 0. The monoisotopic (exact) mass is 256 g/mol. The lowest BCUT2D eigenvalue weighted by Gasteiger charge is -2.09. The Morgan fingerprint density at radius 1 is 1.29 bits per heavy atom. The third-order valence-electron chi connectivity index (χ3n) is 2.23. The van der Waals surface area contributed by atoms with Crippen molar-refractivity contribution in [1.82, 2.24) is 10.4 Å². The normalized spacial score (nSPS) is 12.9. The van der Waals surface area contributed by atoms with Crippen molar-refractivity contribution in [2.45, 2.75) is 18.2 Å². The summed E-state index contributed by atoms with van der Waals surface area (Å²) in [5.41, 5.74) is 3.87. The van der Waals surface area contributed by atoms with E-state index < -0.39 is 11.1 Å². The molecule has 0 aliphatic carbocycles. The fourth-order valence-corrected chi connectivity index (χ4v) is 1.91. The molecule has 5 heteroatoms. The maximum Gasteiger partial charge on any atom is 0.206 e. The fourth-order valence-electron chi connectivity index (χ4n) is 1.26. The molecular formula is C12H20N2O2S. The number of hydroxylamine groups is 1. The molecule has 1 rings (SSSR count). The Bertz CT molecular complexity index is 352. The lowest BCUT2D eigenvalue weighted by atomic mass is 10.2. The summed E-state index contributed by atoms with van der Waals surface area (Å²) in [4.78, 5) is 2.77. The van der Waals surface area contributed by atoms with Crippen LogP contribution < -0.4 is 5.48 Å². The van der Waals surface area contributed by atoms with Crippen LogP contribution in [-0.4, -0.2) is 36.3 Å². The first-order valence-corrected chi connectivity index (χ1v) is 6.70. The summed E-state index contributed by atoms with van der Waals surface area (Å²) < 4.78 is 16.7. The van der Waals surface area contributed by atoms with Crippen LogP contribution in [0, 0.1) is 6.92 Å². The van der Waals surface area contributed by atoms with Gasteiger partial charge in [0.2, 0.25) is 11.1 Å². The standard InChI is InChI=1S/C12H20N2O2S/c1-11-5-7-12(8-6-11)17(15)16-13-9-4-10-14(2)3/h5-8,13H,4,9-10H2,1-3H3. The minimum atomic E-state index is -1.43. The van der Waals surface area contributed by atoms with Gasteiger partial charge in [0, 0.05) is 6.54 Å². The summed E-state index contributed by atoms with van der Waals surface area (Å²) >= 11 is -1.43. The van der Waals surface area contributed by atoms with Crippen LogP contribution in [-0.2, 0) is 15.4 Å². The van der Waals surface area contributed by atoms with Gasteiger partial charge < -0.3 is 4.90 Å². The summed E-state index contributed by atoms with van der Waals surface area (Å²) in [6.07, 6.45) is 0.956. The molecule has 1 aromatic rings. The van der Waals surface area contributed by atoms with Gasteiger partial charge in [0.1, 0.15) is 0 Å². The Morgan fingerprint density at radius 3 is 2.53 bits per heavy atom. The van der Waals surface area contributed by atoms with Crippen molar-refractivity contribution in [1.29, 1.82) is 0 Å². The van der Waals surface area contributed by atoms with E-state index in [2.05, 4.69) is 10.4 Å². The van der Waals surface area contributed by atoms with E-state index in [9.17, 15) is 4.21 Å². The number of benzene rings is 1. The van der Waals surface area contributed by atoms with Crippen LogP contribution >= 0.6 is 0 Å². The molecular weight excluding hydrogens is 236 g/mol. The van der Waals surface area contributed by atoms with Gasteiger partial charge in [0.15, 0.2) is 0 Å². The molecule has 0 radical (unpaired) electrons. The van der Waals surface area contributed by atoms with Gasteiger partial charge in [-0.05, 0) is 46.1 Å². The minimum Gasteiger partial charge on any atom is -0.309 e. The second-order valence-electron chi connectivity index (χ2n) is 4.18. The molecule has 1 atom stereocenters. The summed E-state index contributed by atoms with van der Waals surface area (Å²) in [5, 5.41) is 0. The van der Waals surface area contributed by atoms with Crippen molar-refractivity contribution in [3.8, 4) is 0 Å². The van der Waals surface area contributed by atoms with Gasteiger partial charge in [-0.25, -0.2) is 4.21 Å². The zero-order chi connectivity index (χ0) is 12.7. The average Bonchev–Trinajstić information content (AvgIpc) is 2.29. The first-order valence-electron chi connectivity index (χ1n) is 5.63. The summed E-state index contributed by atoms with van der Waals surface area (Å²) in [6, 6.07) is 7.46. The molecule has 1 unspecified atom stereocenters. The second kappa shape index (κ2) is 7.55. The molecule has 0 fully saturated rings. The van der Waals surface area contributed by atoms with Crippen LogP contribution in [0.3, 0.4) is 0 Å². The highest BCUT2D eigenvalue weighted by Crippen LogP contribution is 2.08. The van der Waals surface area contributed by atoms with Crippen LogP contribution in [0.1, 0.15) is 12.0 Å². The van der Waals surface area contributed by atoms with Gasteiger partial charge in [-0.2, -0.15) is 9.76 Å². The molecule has 0 saturated heterocycles. The van der Waals surface area contributed by atoms with Crippen LogP contribution in [0.4, 0.5) is 0 Å². The van der Waals surface area contributed by atoms with E-state index in [-0.39, 0.29) is 0 Å². The Morgan fingerprint density at radius 2 is 1.94 bits per heavy atom. The summed E-state index contributed by atoms with van der Waals surface area (Å²) in [6.45, 7) is 3.66.